The molecule has 0 aliphatic carbocycles. The lowest BCUT2D eigenvalue weighted by atomic mass is 10.1. The van der Waals surface area contributed by atoms with Gasteiger partial charge in [0.15, 0.2) is 0 Å². The van der Waals surface area contributed by atoms with E-state index in [1.807, 2.05) is 24.3 Å². The van der Waals surface area contributed by atoms with Gasteiger partial charge in [0, 0.05) is 12.2 Å². The average molecular weight is 422 g/mol. The summed E-state index contributed by atoms with van der Waals surface area (Å²) in [5.74, 6) is -1.72. The molecule has 3 aromatic rings. The fourth-order valence-electron chi connectivity index (χ4n) is 3.56. The molecule has 0 bridgehead atoms. The highest BCUT2D eigenvalue weighted by Gasteiger charge is 2.27. The van der Waals surface area contributed by atoms with Crippen molar-refractivity contribution >= 4 is 23.7 Å². The van der Waals surface area contributed by atoms with E-state index in [2.05, 4.69) is 20.9 Å². The summed E-state index contributed by atoms with van der Waals surface area (Å²) in [5.41, 5.74) is 2.95. The van der Waals surface area contributed by atoms with Gasteiger partial charge in [0.25, 0.3) is 5.91 Å². The molecule has 2 amide bonds. The molecule has 0 radical (unpaired) electrons. The number of nitrogens with one attached hydrogen (secondary N) is 3. The number of fused-ring (bicyclic) bond motifs is 1. The fourth-order valence-corrected chi connectivity index (χ4v) is 3.56. The predicted molar refractivity (Wildman–Crippen MR) is 113 cm³/mol. The van der Waals surface area contributed by atoms with Crippen molar-refractivity contribution in [1.82, 2.24) is 15.6 Å². The van der Waals surface area contributed by atoms with E-state index in [9.17, 15) is 18.4 Å². The second-order valence-electron chi connectivity index (χ2n) is 7.15. The Hall–Kier alpha value is -3.81. The van der Waals surface area contributed by atoms with Crippen LogP contribution < -0.4 is 16.0 Å². The minimum atomic E-state index is -0.718. The van der Waals surface area contributed by atoms with Crippen LogP contribution in [0.25, 0.3) is 11.3 Å². The van der Waals surface area contributed by atoms with E-state index in [1.165, 1.54) is 24.3 Å². The van der Waals surface area contributed by atoms with Gasteiger partial charge in [0.1, 0.15) is 11.6 Å². The van der Waals surface area contributed by atoms with E-state index in [0.29, 0.717) is 29.9 Å². The Kier molecular flexibility index (Phi) is 5.88. The second-order valence-corrected chi connectivity index (χ2v) is 7.15. The van der Waals surface area contributed by atoms with Crippen molar-refractivity contribution in [3.05, 3.63) is 77.0 Å². The van der Waals surface area contributed by atoms with Crippen LogP contribution in [0.1, 0.15) is 28.0 Å². The molecular formula is C23H20F2N4O2. The summed E-state index contributed by atoms with van der Waals surface area (Å²) in [6.45, 7) is 0.803. The maximum atomic E-state index is 14.3. The molecule has 31 heavy (non-hydrogen) atoms. The van der Waals surface area contributed by atoms with Gasteiger partial charge in [0.05, 0.1) is 34.7 Å². The summed E-state index contributed by atoms with van der Waals surface area (Å²) >= 11 is 0. The number of rotatable bonds is 8. The standard InChI is InChI=1S/C23H20F2N4O2/c24-16-4-1-5-17(25)21(16)18-11-19(22-20(29-18)12-27-23(22)31)28-15-8-6-14(7-9-15)3-2-10-26-13-30/h1,4-9,11,13H,2-3,10,12H2,(H,26,30)(H,27,31)(H,28,29). The molecule has 3 N–H and O–H groups in total. The molecule has 2 heterocycles. The molecule has 0 atom stereocenters. The number of carbonyl (C=O) groups is 2. The lowest BCUT2D eigenvalue weighted by Crippen LogP contribution is -2.13. The largest absolute Gasteiger partial charge is 0.359 e. The van der Waals surface area contributed by atoms with Gasteiger partial charge in [-0.2, -0.15) is 0 Å². The number of hydrogen-bond acceptors (Lipinski definition) is 4. The molecule has 8 heteroatoms. The van der Waals surface area contributed by atoms with E-state index < -0.39 is 11.6 Å². The Balaban J connectivity index is 1.63. The van der Waals surface area contributed by atoms with Crippen molar-refractivity contribution in [2.75, 3.05) is 11.9 Å². The van der Waals surface area contributed by atoms with Crippen molar-refractivity contribution in [3.63, 3.8) is 0 Å². The number of nitrogens with zero attached hydrogens (tertiary/aromatic N) is 1. The van der Waals surface area contributed by atoms with Gasteiger partial charge in [0.2, 0.25) is 6.41 Å². The zero-order valence-corrected chi connectivity index (χ0v) is 16.5. The maximum absolute atomic E-state index is 14.3. The van der Waals surface area contributed by atoms with Gasteiger partial charge in [-0.1, -0.05) is 18.2 Å². The fraction of sp³-hybridized carbons (Fsp3) is 0.174. The Labute approximate surface area is 177 Å². The van der Waals surface area contributed by atoms with Crippen LogP contribution in [0.3, 0.4) is 0 Å². The van der Waals surface area contributed by atoms with E-state index in [-0.39, 0.29) is 23.7 Å². The molecule has 4 rings (SSSR count). The van der Waals surface area contributed by atoms with Gasteiger partial charge in [-0.25, -0.2) is 13.8 Å². The molecule has 1 aliphatic rings. The number of pyridine rings is 1. The highest BCUT2D eigenvalue weighted by Crippen LogP contribution is 2.33. The third kappa shape index (κ3) is 4.37. The van der Waals surface area contributed by atoms with Crippen molar-refractivity contribution in [2.45, 2.75) is 19.4 Å². The number of aromatic nitrogens is 1. The normalized spacial score (nSPS) is 12.3. The van der Waals surface area contributed by atoms with Crippen molar-refractivity contribution in [1.29, 1.82) is 0 Å². The number of anilines is 2. The Morgan fingerprint density at radius 2 is 1.81 bits per heavy atom. The van der Waals surface area contributed by atoms with Gasteiger partial charge >= 0.3 is 0 Å². The number of hydrogen-bond donors (Lipinski definition) is 3. The molecule has 2 aromatic carbocycles. The smallest absolute Gasteiger partial charge is 0.255 e. The molecule has 1 aliphatic heterocycles. The first-order valence-corrected chi connectivity index (χ1v) is 9.86. The third-order valence-electron chi connectivity index (χ3n) is 5.06. The molecule has 0 spiro atoms. The van der Waals surface area contributed by atoms with Gasteiger partial charge in [-0.05, 0) is 48.7 Å². The number of carbonyl (C=O) groups excluding carboxylic acids is 2. The lowest BCUT2D eigenvalue weighted by molar-refractivity contribution is -0.109. The van der Waals surface area contributed by atoms with Crippen LogP contribution in [0.5, 0.6) is 0 Å². The van der Waals surface area contributed by atoms with Gasteiger partial charge in [-0.3, -0.25) is 9.59 Å². The van der Waals surface area contributed by atoms with Crippen LogP contribution in [0.2, 0.25) is 0 Å². The van der Waals surface area contributed by atoms with Crippen LogP contribution >= 0.6 is 0 Å². The summed E-state index contributed by atoms with van der Waals surface area (Å²) in [6, 6.07) is 12.8. The van der Waals surface area contributed by atoms with Crippen LogP contribution in [0.15, 0.2) is 48.5 Å². The van der Waals surface area contributed by atoms with E-state index in [0.717, 1.165) is 24.1 Å². The van der Waals surface area contributed by atoms with Crippen LogP contribution in [-0.2, 0) is 17.8 Å². The second kappa shape index (κ2) is 8.91. The van der Waals surface area contributed by atoms with Crippen LogP contribution in [-0.4, -0.2) is 23.8 Å². The zero-order chi connectivity index (χ0) is 21.8. The maximum Gasteiger partial charge on any atom is 0.255 e. The predicted octanol–water partition coefficient (Wildman–Crippen LogP) is 3.69. The Morgan fingerprint density at radius 1 is 1.06 bits per heavy atom. The highest BCUT2D eigenvalue weighted by molar-refractivity contribution is 6.04. The first-order chi connectivity index (χ1) is 15.1. The summed E-state index contributed by atoms with van der Waals surface area (Å²) in [7, 11) is 0. The number of benzene rings is 2. The summed E-state index contributed by atoms with van der Waals surface area (Å²) in [5, 5.41) is 8.51. The van der Waals surface area contributed by atoms with E-state index in [4.69, 9.17) is 0 Å². The molecule has 0 saturated carbocycles. The summed E-state index contributed by atoms with van der Waals surface area (Å²) in [4.78, 5) is 26.9. The molecule has 0 saturated heterocycles. The number of halogens is 2. The average Bonchev–Trinajstić information content (AvgIpc) is 3.13. The highest BCUT2D eigenvalue weighted by atomic mass is 19.1. The van der Waals surface area contributed by atoms with Crippen LogP contribution in [0, 0.1) is 11.6 Å². The summed E-state index contributed by atoms with van der Waals surface area (Å²) in [6.07, 6.45) is 2.31. The molecule has 158 valence electrons. The number of amides is 2. The van der Waals surface area contributed by atoms with E-state index >= 15 is 0 Å². The van der Waals surface area contributed by atoms with Crippen molar-refractivity contribution < 1.29 is 18.4 Å². The Morgan fingerprint density at radius 3 is 2.52 bits per heavy atom. The first-order valence-electron chi connectivity index (χ1n) is 9.86. The minimum Gasteiger partial charge on any atom is -0.359 e. The quantitative estimate of drug-likeness (QED) is 0.382. The topological polar surface area (TPSA) is 83.1 Å². The summed E-state index contributed by atoms with van der Waals surface area (Å²) < 4.78 is 28.6. The zero-order valence-electron chi connectivity index (χ0n) is 16.5. The third-order valence-corrected chi connectivity index (χ3v) is 5.06. The van der Waals surface area contributed by atoms with Crippen LogP contribution in [0.4, 0.5) is 20.2 Å². The number of aryl methyl sites for hydroxylation is 1. The Bertz CT molecular complexity index is 1110. The monoisotopic (exact) mass is 422 g/mol. The molecular weight excluding hydrogens is 402 g/mol. The van der Waals surface area contributed by atoms with Crippen molar-refractivity contribution in [3.8, 4) is 11.3 Å². The minimum absolute atomic E-state index is 0.118. The van der Waals surface area contributed by atoms with Gasteiger partial charge in [-0.15, -0.1) is 0 Å². The molecule has 6 nitrogen and oxygen atoms in total. The molecule has 0 unspecified atom stereocenters. The first kappa shape index (κ1) is 20.5. The molecule has 1 aromatic heterocycles. The lowest BCUT2D eigenvalue weighted by Gasteiger charge is -2.13. The van der Waals surface area contributed by atoms with E-state index in [1.54, 1.807) is 0 Å². The van der Waals surface area contributed by atoms with Gasteiger partial charge < -0.3 is 16.0 Å². The molecule has 0 fully saturated rings. The SMILES string of the molecule is O=CNCCCc1ccc(Nc2cc(-c3c(F)cccc3F)nc3c2C(=O)NC3)cc1. The van der Waals surface area contributed by atoms with Crippen molar-refractivity contribution in [2.24, 2.45) is 0 Å².